The van der Waals surface area contributed by atoms with Crippen LogP contribution in [-0.2, 0) is 17.8 Å². The van der Waals surface area contributed by atoms with Gasteiger partial charge in [0, 0.05) is 43.1 Å². The predicted octanol–water partition coefficient (Wildman–Crippen LogP) is 3.44. The van der Waals surface area contributed by atoms with Crippen molar-refractivity contribution in [2.24, 2.45) is 4.99 Å². The number of guanidine groups is 1. The van der Waals surface area contributed by atoms with Crippen molar-refractivity contribution in [1.29, 1.82) is 0 Å². The number of ether oxygens (including phenoxy) is 3. The van der Waals surface area contributed by atoms with Gasteiger partial charge in [-0.2, -0.15) is 0 Å². The number of benzene rings is 1. The smallest absolute Gasteiger partial charge is 0.191 e. The zero-order chi connectivity index (χ0) is 22.2. The summed E-state index contributed by atoms with van der Waals surface area (Å²) >= 11 is 0. The molecule has 31 heavy (non-hydrogen) atoms. The molecule has 1 aliphatic heterocycles. The SMILES string of the molecule is CN=C(NCc1ccc(C)cc1OCC1CCCO1)NCc1ncc(C)c(OC)c1C. The Bertz CT molecular complexity index is 908. The van der Waals surface area contributed by atoms with E-state index < -0.39 is 0 Å². The van der Waals surface area contributed by atoms with E-state index in [4.69, 9.17) is 14.2 Å². The summed E-state index contributed by atoms with van der Waals surface area (Å²) in [5.74, 6) is 2.47. The van der Waals surface area contributed by atoms with Crippen molar-refractivity contribution >= 4 is 5.96 Å². The van der Waals surface area contributed by atoms with Crippen LogP contribution in [0.4, 0.5) is 0 Å². The van der Waals surface area contributed by atoms with Crippen LogP contribution in [-0.4, -0.2) is 44.4 Å². The van der Waals surface area contributed by atoms with Crippen LogP contribution in [0.25, 0.3) is 0 Å². The first-order valence-corrected chi connectivity index (χ1v) is 10.8. The number of nitrogens with one attached hydrogen (secondary N) is 2. The van der Waals surface area contributed by atoms with Gasteiger partial charge in [-0.3, -0.25) is 9.98 Å². The minimum atomic E-state index is 0.193. The Morgan fingerprint density at radius 1 is 1.23 bits per heavy atom. The second-order valence-electron chi connectivity index (χ2n) is 7.88. The molecule has 2 aromatic rings. The molecule has 168 valence electrons. The zero-order valence-corrected chi connectivity index (χ0v) is 19.2. The van der Waals surface area contributed by atoms with Crippen molar-refractivity contribution < 1.29 is 14.2 Å². The Labute approximate surface area is 185 Å². The van der Waals surface area contributed by atoms with Gasteiger partial charge in [-0.25, -0.2) is 0 Å². The quantitative estimate of drug-likeness (QED) is 0.497. The van der Waals surface area contributed by atoms with Crippen LogP contribution < -0.4 is 20.1 Å². The Kier molecular flexibility index (Phi) is 8.12. The monoisotopic (exact) mass is 426 g/mol. The fourth-order valence-corrected chi connectivity index (χ4v) is 3.72. The number of rotatable bonds is 8. The lowest BCUT2D eigenvalue weighted by Crippen LogP contribution is -2.36. The number of pyridine rings is 1. The summed E-state index contributed by atoms with van der Waals surface area (Å²) < 4.78 is 17.3. The molecule has 0 saturated carbocycles. The first kappa shape index (κ1) is 22.9. The van der Waals surface area contributed by atoms with E-state index in [2.05, 4.69) is 45.7 Å². The van der Waals surface area contributed by atoms with Gasteiger partial charge in [0.25, 0.3) is 0 Å². The van der Waals surface area contributed by atoms with Gasteiger partial charge < -0.3 is 24.8 Å². The van der Waals surface area contributed by atoms with Crippen molar-refractivity contribution in [2.75, 3.05) is 27.4 Å². The molecule has 7 nitrogen and oxygen atoms in total. The predicted molar refractivity (Wildman–Crippen MR) is 123 cm³/mol. The lowest BCUT2D eigenvalue weighted by molar-refractivity contribution is 0.0676. The third-order valence-corrected chi connectivity index (χ3v) is 5.51. The van der Waals surface area contributed by atoms with Crippen molar-refractivity contribution in [3.8, 4) is 11.5 Å². The van der Waals surface area contributed by atoms with Gasteiger partial charge >= 0.3 is 0 Å². The maximum atomic E-state index is 6.10. The average molecular weight is 427 g/mol. The van der Waals surface area contributed by atoms with E-state index in [1.807, 2.05) is 20.0 Å². The third kappa shape index (κ3) is 6.10. The molecule has 0 aliphatic carbocycles. The number of hydrogen-bond donors (Lipinski definition) is 2. The lowest BCUT2D eigenvalue weighted by atomic mass is 10.1. The molecule has 1 aromatic heterocycles. The second-order valence-corrected chi connectivity index (χ2v) is 7.88. The van der Waals surface area contributed by atoms with E-state index in [1.165, 1.54) is 5.56 Å². The van der Waals surface area contributed by atoms with Gasteiger partial charge in [0.15, 0.2) is 5.96 Å². The summed E-state index contributed by atoms with van der Waals surface area (Å²) in [7, 11) is 3.45. The number of nitrogens with zero attached hydrogens (tertiary/aromatic N) is 2. The number of aromatic nitrogens is 1. The molecule has 1 fully saturated rings. The van der Waals surface area contributed by atoms with Crippen LogP contribution in [0.15, 0.2) is 29.4 Å². The highest BCUT2D eigenvalue weighted by Crippen LogP contribution is 2.24. The fourth-order valence-electron chi connectivity index (χ4n) is 3.72. The first-order chi connectivity index (χ1) is 15.0. The topological polar surface area (TPSA) is 77.0 Å². The standard InChI is InChI=1S/C24H34N4O3/c1-16-8-9-19(22(11-16)31-15-20-7-6-10-30-20)13-27-24(25-4)28-14-21-18(3)23(29-5)17(2)12-26-21/h8-9,11-12,20H,6-7,10,13-15H2,1-5H3,(H2,25,27,28). The molecular formula is C24H34N4O3. The summed E-state index contributed by atoms with van der Waals surface area (Å²) in [4.78, 5) is 8.88. The molecule has 0 amide bonds. The van der Waals surface area contributed by atoms with Crippen molar-refractivity contribution in [3.05, 3.63) is 52.3 Å². The normalized spacial score (nSPS) is 16.3. The van der Waals surface area contributed by atoms with E-state index in [9.17, 15) is 0 Å². The highest BCUT2D eigenvalue weighted by Gasteiger charge is 2.17. The largest absolute Gasteiger partial charge is 0.496 e. The van der Waals surface area contributed by atoms with E-state index >= 15 is 0 Å². The highest BCUT2D eigenvalue weighted by molar-refractivity contribution is 5.79. The maximum absolute atomic E-state index is 6.10. The molecule has 7 heteroatoms. The number of methoxy groups -OCH3 is 1. The van der Waals surface area contributed by atoms with E-state index in [-0.39, 0.29) is 6.10 Å². The molecule has 3 rings (SSSR count). The van der Waals surface area contributed by atoms with Crippen LogP contribution >= 0.6 is 0 Å². The molecule has 1 atom stereocenters. The Morgan fingerprint density at radius 2 is 2.03 bits per heavy atom. The molecule has 2 N–H and O–H groups in total. The molecule has 1 aliphatic rings. The minimum Gasteiger partial charge on any atom is -0.496 e. The summed E-state index contributed by atoms with van der Waals surface area (Å²) in [6.45, 7) is 8.67. The van der Waals surface area contributed by atoms with Gasteiger partial charge in [-0.05, 0) is 45.2 Å². The minimum absolute atomic E-state index is 0.193. The molecule has 1 aromatic carbocycles. The van der Waals surface area contributed by atoms with Crippen molar-refractivity contribution in [3.63, 3.8) is 0 Å². The summed E-state index contributed by atoms with van der Waals surface area (Å²) in [6.07, 6.45) is 4.20. The molecule has 0 radical (unpaired) electrons. The van der Waals surface area contributed by atoms with Crippen LogP contribution in [0.5, 0.6) is 11.5 Å². The van der Waals surface area contributed by atoms with Crippen LogP contribution in [0.2, 0.25) is 0 Å². The Morgan fingerprint density at radius 3 is 2.74 bits per heavy atom. The van der Waals surface area contributed by atoms with E-state index in [0.29, 0.717) is 25.7 Å². The molecule has 2 heterocycles. The van der Waals surface area contributed by atoms with Crippen LogP contribution in [0.3, 0.4) is 0 Å². The number of hydrogen-bond acceptors (Lipinski definition) is 5. The van der Waals surface area contributed by atoms with Crippen molar-refractivity contribution in [1.82, 2.24) is 15.6 Å². The Balaban J connectivity index is 1.59. The zero-order valence-electron chi connectivity index (χ0n) is 19.2. The first-order valence-electron chi connectivity index (χ1n) is 10.8. The van der Waals surface area contributed by atoms with Gasteiger partial charge in [-0.1, -0.05) is 12.1 Å². The number of aliphatic imine (C=N–C) groups is 1. The van der Waals surface area contributed by atoms with Crippen molar-refractivity contribution in [2.45, 2.75) is 52.8 Å². The summed E-state index contributed by atoms with van der Waals surface area (Å²) in [6, 6.07) is 6.27. The fraction of sp³-hybridized carbons (Fsp3) is 0.500. The lowest BCUT2D eigenvalue weighted by Gasteiger charge is -2.18. The van der Waals surface area contributed by atoms with Crippen LogP contribution in [0, 0.1) is 20.8 Å². The highest BCUT2D eigenvalue weighted by atomic mass is 16.5. The third-order valence-electron chi connectivity index (χ3n) is 5.51. The maximum Gasteiger partial charge on any atom is 0.191 e. The van der Waals surface area contributed by atoms with Crippen LogP contribution in [0.1, 0.15) is 40.8 Å². The molecule has 0 spiro atoms. The van der Waals surface area contributed by atoms with Gasteiger partial charge in [-0.15, -0.1) is 0 Å². The van der Waals surface area contributed by atoms with E-state index in [1.54, 1.807) is 14.2 Å². The molecule has 0 bridgehead atoms. The van der Waals surface area contributed by atoms with Gasteiger partial charge in [0.05, 0.1) is 25.5 Å². The molecule has 1 saturated heterocycles. The molecule has 1 unspecified atom stereocenters. The number of aryl methyl sites for hydroxylation is 2. The summed E-state index contributed by atoms with van der Waals surface area (Å²) in [5.41, 5.74) is 5.25. The average Bonchev–Trinajstić information content (AvgIpc) is 3.28. The second kappa shape index (κ2) is 11.0. The van der Waals surface area contributed by atoms with Gasteiger partial charge in [0.1, 0.15) is 18.1 Å². The summed E-state index contributed by atoms with van der Waals surface area (Å²) in [5, 5.41) is 6.71. The molecular weight excluding hydrogens is 392 g/mol. The van der Waals surface area contributed by atoms with Gasteiger partial charge in [0.2, 0.25) is 0 Å². The Hall–Kier alpha value is -2.80. The van der Waals surface area contributed by atoms with E-state index in [0.717, 1.165) is 53.3 Å².